The summed E-state index contributed by atoms with van der Waals surface area (Å²) in [6, 6.07) is 9.40. The molecule has 1 aromatic rings. The average Bonchev–Trinajstić information content (AvgIpc) is 2.88. The number of hydrogen-bond donors (Lipinski definition) is 1. The molecule has 1 aromatic carbocycles. The summed E-state index contributed by atoms with van der Waals surface area (Å²) in [6.07, 6.45) is 5.43. The summed E-state index contributed by atoms with van der Waals surface area (Å²) in [5.74, 6) is 2.03. The standard InChI is InChI=1S/C18H28N2S/c1-14-7-6-10-18(11-14,20(2)3)13-19-16-12-21-17-9-5-4-8-15(16)17/h4-5,8-9,14,16,19H,6-7,10-13H2,1-3H3. The van der Waals surface area contributed by atoms with Gasteiger partial charge in [-0.05, 0) is 44.5 Å². The lowest BCUT2D eigenvalue weighted by Crippen LogP contribution is -2.54. The fourth-order valence-corrected chi connectivity index (χ4v) is 5.20. The maximum absolute atomic E-state index is 3.89. The molecule has 0 aromatic heterocycles. The van der Waals surface area contributed by atoms with E-state index in [9.17, 15) is 0 Å². The predicted molar refractivity (Wildman–Crippen MR) is 92.0 cm³/mol. The monoisotopic (exact) mass is 304 g/mol. The van der Waals surface area contributed by atoms with Crippen LogP contribution in [0.15, 0.2) is 29.2 Å². The first kappa shape index (κ1) is 15.4. The van der Waals surface area contributed by atoms with Crippen LogP contribution in [0, 0.1) is 5.92 Å². The van der Waals surface area contributed by atoms with Crippen molar-refractivity contribution in [2.45, 2.75) is 49.1 Å². The molecule has 21 heavy (non-hydrogen) atoms. The van der Waals surface area contributed by atoms with E-state index < -0.39 is 0 Å². The number of nitrogens with one attached hydrogen (secondary N) is 1. The lowest BCUT2D eigenvalue weighted by atomic mass is 9.75. The van der Waals surface area contributed by atoms with E-state index in [-0.39, 0.29) is 0 Å². The van der Waals surface area contributed by atoms with Gasteiger partial charge in [0.15, 0.2) is 0 Å². The van der Waals surface area contributed by atoms with Crippen LogP contribution >= 0.6 is 11.8 Å². The zero-order valence-electron chi connectivity index (χ0n) is 13.6. The van der Waals surface area contributed by atoms with Crippen LogP contribution in [0.1, 0.15) is 44.2 Å². The van der Waals surface area contributed by atoms with E-state index in [1.165, 1.54) is 41.9 Å². The Morgan fingerprint density at radius 3 is 2.90 bits per heavy atom. The Kier molecular flexibility index (Phi) is 4.63. The molecule has 0 saturated heterocycles. The Hall–Kier alpha value is -0.510. The number of benzene rings is 1. The van der Waals surface area contributed by atoms with Crippen LogP contribution in [0.2, 0.25) is 0 Å². The van der Waals surface area contributed by atoms with Crippen LogP contribution in [0.4, 0.5) is 0 Å². The van der Waals surface area contributed by atoms with Crippen molar-refractivity contribution in [2.75, 3.05) is 26.4 Å². The highest BCUT2D eigenvalue weighted by Crippen LogP contribution is 2.39. The van der Waals surface area contributed by atoms with Gasteiger partial charge >= 0.3 is 0 Å². The van der Waals surface area contributed by atoms with Gasteiger partial charge in [-0.3, -0.25) is 0 Å². The second-order valence-electron chi connectivity index (χ2n) is 7.10. The summed E-state index contributed by atoms with van der Waals surface area (Å²) in [7, 11) is 4.52. The van der Waals surface area contributed by atoms with E-state index in [1.54, 1.807) is 0 Å². The third kappa shape index (κ3) is 3.15. The van der Waals surface area contributed by atoms with E-state index in [4.69, 9.17) is 0 Å². The molecule has 2 aliphatic rings. The van der Waals surface area contributed by atoms with Crippen molar-refractivity contribution in [3.8, 4) is 0 Å². The molecular formula is C18H28N2S. The minimum atomic E-state index is 0.347. The van der Waals surface area contributed by atoms with Crippen molar-refractivity contribution in [1.29, 1.82) is 0 Å². The van der Waals surface area contributed by atoms with Gasteiger partial charge in [0.25, 0.3) is 0 Å². The topological polar surface area (TPSA) is 15.3 Å². The van der Waals surface area contributed by atoms with Crippen LogP contribution in [0.25, 0.3) is 0 Å². The maximum atomic E-state index is 3.89. The summed E-state index contributed by atoms with van der Waals surface area (Å²) in [4.78, 5) is 3.94. The van der Waals surface area contributed by atoms with Crippen LogP contribution in [-0.4, -0.2) is 36.8 Å². The van der Waals surface area contributed by atoms with Crippen LogP contribution in [-0.2, 0) is 0 Å². The van der Waals surface area contributed by atoms with Crippen molar-refractivity contribution < 1.29 is 0 Å². The highest BCUT2D eigenvalue weighted by Gasteiger charge is 2.37. The summed E-state index contributed by atoms with van der Waals surface area (Å²) < 4.78 is 0. The minimum Gasteiger partial charge on any atom is -0.307 e. The summed E-state index contributed by atoms with van der Waals surface area (Å²) in [5.41, 5.74) is 1.85. The molecule has 0 spiro atoms. The molecule has 1 saturated carbocycles. The third-order valence-corrected chi connectivity index (χ3v) is 6.58. The lowest BCUT2D eigenvalue weighted by Gasteiger charge is -2.46. The number of likely N-dealkylation sites (N-methyl/N-ethyl adjacent to an activating group) is 1. The molecule has 116 valence electrons. The van der Waals surface area contributed by atoms with Gasteiger partial charge in [-0.25, -0.2) is 0 Å². The van der Waals surface area contributed by atoms with E-state index in [0.717, 1.165) is 12.5 Å². The van der Waals surface area contributed by atoms with Crippen molar-refractivity contribution in [3.63, 3.8) is 0 Å². The smallest absolute Gasteiger partial charge is 0.0427 e. The SMILES string of the molecule is CC1CCCC(CNC2CSc3ccccc32)(N(C)C)C1. The molecule has 3 heteroatoms. The zero-order valence-corrected chi connectivity index (χ0v) is 14.4. The maximum Gasteiger partial charge on any atom is 0.0427 e. The molecule has 0 bridgehead atoms. The molecular weight excluding hydrogens is 276 g/mol. The normalized spacial score (nSPS) is 32.4. The molecule has 3 atom stereocenters. The Bertz CT molecular complexity index is 488. The number of fused-ring (bicyclic) bond motifs is 1. The van der Waals surface area contributed by atoms with Gasteiger partial charge < -0.3 is 10.2 Å². The van der Waals surface area contributed by atoms with Crippen molar-refractivity contribution in [1.82, 2.24) is 10.2 Å². The van der Waals surface area contributed by atoms with E-state index in [1.807, 2.05) is 11.8 Å². The predicted octanol–water partition coefficient (Wildman–Crippen LogP) is 3.93. The lowest BCUT2D eigenvalue weighted by molar-refractivity contribution is 0.0730. The fraction of sp³-hybridized carbons (Fsp3) is 0.667. The Balaban J connectivity index is 1.68. The average molecular weight is 305 g/mol. The minimum absolute atomic E-state index is 0.347. The molecule has 2 nitrogen and oxygen atoms in total. The summed E-state index contributed by atoms with van der Waals surface area (Å²) in [5, 5.41) is 3.89. The van der Waals surface area contributed by atoms with Gasteiger partial charge in [0.1, 0.15) is 0 Å². The third-order valence-electron chi connectivity index (χ3n) is 5.39. The van der Waals surface area contributed by atoms with Crippen LogP contribution in [0.5, 0.6) is 0 Å². The number of thioether (sulfide) groups is 1. The fourth-order valence-electron chi connectivity index (χ4n) is 4.00. The second kappa shape index (κ2) is 6.31. The summed E-state index contributed by atoms with van der Waals surface area (Å²) in [6.45, 7) is 3.53. The molecule has 1 aliphatic carbocycles. The molecule has 1 N–H and O–H groups in total. The van der Waals surface area contributed by atoms with Crippen LogP contribution in [0.3, 0.4) is 0 Å². The van der Waals surface area contributed by atoms with E-state index in [0.29, 0.717) is 11.6 Å². The highest BCUT2D eigenvalue weighted by molar-refractivity contribution is 7.99. The van der Waals surface area contributed by atoms with E-state index in [2.05, 4.69) is 55.5 Å². The molecule has 0 radical (unpaired) electrons. The first-order valence-corrected chi connectivity index (χ1v) is 9.22. The molecule has 0 amide bonds. The number of rotatable bonds is 4. The quantitative estimate of drug-likeness (QED) is 0.907. The zero-order chi connectivity index (χ0) is 14.9. The number of hydrogen-bond acceptors (Lipinski definition) is 3. The first-order valence-electron chi connectivity index (χ1n) is 8.23. The van der Waals surface area contributed by atoms with Gasteiger partial charge in [0.2, 0.25) is 0 Å². The molecule has 3 rings (SSSR count). The Labute approximate surface area is 133 Å². The van der Waals surface area contributed by atoms with Gasteiger partial charge in [0.05, 0.1) is 0 Å². The van der Waals surface area contributed by atoms with Crippen molar-refractivity contribution in [2.24, 2.45) is 5.92 Å². The van der Waals surface area contributed by atoms with Gasteiger partial charge in [-0.2, -0.15) is 0 Å². The van der Waals surface area contributed by atoms with Crippen molar-refractivity contribution >= 4 is 11.8 Å². The van der Waals surface area contributed by atoms with E-state index >= 15 is 0 Å². The Morgan fingerprint density at radius 2 is 2.14 bits per heavy atom. The second-order valence-corrected chi connectivity index (χ2v) is 8.16. The molecule has 1 aliphatic heterocycles. The number of nitrogens with zero attached hydrogens (tertiary/aromatic N) is 1. The molecule has 1 fully saturated rings. The van der Waals surface area contributed by atoms with Crippen molar-refractivity contribution in [3.05, 3.63) is 29.8 Å². The Morgan fingerprint density at radius 1 is 1.33 bits per heavy atom. The molecule has 1 heterocycles. The van der Waals surface area contributed by atoms with Gasteiger partial charge in [-0.15, -0.1) is 11.8 Å². The molecule has 3 unspecified atom stereocenters. The largest absolute Gasteiger partial charge is 0.307 e. The van der Waals surface area contributed by atoms with Crippen LogP contribution < -0.4 is 5.32 Å². The van der Waals surface area contributed by atoms with Gasteiger partial charge in [0, 0.05) is 28.8 Å². The highest BCUT2D eigenvalue weighted by atomic mass is 32.2. The van der Waals surface area contributed by atoms with Gasteiger partial charge in [-0.1, -0.05) is 38.0 Å². The summed E-state index contributed by atoms with van der Waals surface area (Å²) >= 11 is 1.99. The first-order chi connectivity index (χ1) is 10.1.